The third-order valence-corrected chi connectivity index (χ3v) is 3.68. The highest BCUT2D eigenvalue weighted by molar-refractivity contribution is 5.82. The fourth-order valence-corrected chi connectivity index (χ4v) is 2.58. The number of nitrogens with one attached hydrogen (secondary N) is 1. The SMILES string of the molecule is CNC(=O)C1(C)CCN(CC(C)(C)C(=O)OC)C1. The molecule has 0 spiro atoms. The van der Waals surface area contributed by atoms with Gasteiger partial charge in [-0.1, -0.05) is 0 Å². The number of likely N-dealkylation sites (tertiary alicyclic amines) is 1. The molecule has 1 aliphatic heterocycles. The average Bonchev–Trinajstić information content (AvgIpc) is 2.69. The van der Waals surface area contributed by atoms with Crippen molar-refractivity contribution in [1.82, 2.24) is 10.2 Å². The van der Waals surface area contributed by atoms with E-state index in [-0.39, 0.29) is 17.3 Å². The largest absolute Gasteiger partial charge is 0.469 e. The van der Waals surface area contributed by atoms with Crippen LogP contribution in [0.25, 0.3) is 0 Å². The summed E-state index contributed by atoms with van der Waals surface area (Å²) < 4.78 is 4.80. The number of ether oxygens (including phenoxy) is 1. The second-order valence-electron chi connectivity index (χ2n) is 5.98. The molecule has 0 aromatic heterocycles. The lowest BCUT2D eigenvalue weighted by Crippen LogP contribution is -2.42. The molecule has 5 nitrogen and oxygen atoms in total. The third-order valence-electron chi connectivity index (χ3n) is 3.68. The number of carbonyl (C=O) groups is 2. The first-order chi connectivity index (χ1) is 8.25. The minimum absolute atomic E-state index is 0.0703. The van der Waals surface area contributed by atoms with Crippen molar-refractivity contribution in [1.29, 1.82) is 0 Å². The van der Waals surface area contributed by atoms with Crippen molar-refractivity contribution in [2.45, 2.75) is 27.2 Å². The van der Waals surface area contributed by atoms with E-state index in [1.54, 1.807) is 7.05 Å². The Morgan fingerprint density at radius 3 is 2.56 bits per heavy atom. The molecule has 1 aliphatic rings. The number of rotatable bonds is 4. The van der Waals surface area contributed by atoms with Crippen LogP contribution in [0.5, 0.6) is 0 Å². The van der Waals surface area contributed by atoms with E-state index >= 15 is 0 Å². The second kappa shape index (κ2) is 5.26. The van der Waals surface area contributed by atoms with Crippen LogP contribution < -0.4 is 5.32 Å². The topological polar surface area (TPSA) is 58.6 Å². The number of esters is 1. The molecule has 0 saturated carbocycles. The first-order valence-corrected chi connectivity index (χ1v) is 6.28. The highest BCUT2D eigenvalue weighted by atomic mass is 16.5. The molecular weight excluding hydrogens is 232 g/mol. The first-order valence-electron chi connectivity index (χ1n) is 6.28. The first kappa shape index (κ1) is 15.0. The van der Waals surface area contributed by atoms with Crippen molar-refractivity contribution >= 4 is 11.9 Å². The maximum absolute atomic E-state index is 11.8. The summed E-state index contributed by atoms with van der Waals surface area (Å²) in [5, 5.41) is 2.71. The molecule has 1 fully saturated rings. The van der Waals surface area contributed by atoms with E-state index < -0.39 is 5.41 Å². The molecule has 1 rings (SSSR count). The van der Waals surface area contributed by atoms with E-state index in [0.717, 1.165) is 13.0 Å². The van der Waals surface area contributed by atoms with Gasteiger partial charge in [-0.05, 0) is 33.7 Å². The monoisotopic (exact) mass is 256 g/mol. The molecule has 1 amide bonds. The summed E-state index contributed by atoms with van der Waals surface area (Å²) in [5.74, 6) is -0.142. The van der Waals surface area contributed by atoms with Crippen molar-refractivity contribution in [2.24, 2.45) is 10.8 Å². The quantitative estimate of drug-likeness (QED) is 0.750. The predicted octanol–water partition coefficient (Wildman–Crippen LogP) is 0.644. The van der Waals surface area contributed by atoms with Crippen LogP contribution in [0.4, 0.5) is 0 Å². The van der Waals surface area contributed by atoms with Crippen molar-refractivity contribution < 1.29 is 14.3 Å². The Labute approximate surface area is 109 Å². The summed E-state index contributed by atoms with van der Waals surface area (Å²) in [7, 11) is 3.07. The van der Waals surface area contributed by atoms with E-state index in [9.17, 15) is 9.59 Å². The summed E-state index contributed by atoms with van der Waals surface area (Å²) in [6.07, 6.45) is 0.823. The molecule has 18 heavy (non-hydrogen) atoms. The summed E-state index contributed by atoms with van der Waals surface area (Å²) in [4.78, 5) is 25.6. The zero-order valence-corrected chi connectivity index (χ0v) is 12.0. The van der Waals surface area contributed by atoms with Crippen molar-refractivity contribution in [3.05, 3.63) is 0 Å². The van der Waals surface area contributed by atoms with Crippen LogP contribution >= 0.6 is 0 Å². The number of hydrogen-bond acceptors (Lipinski definition) is 4. The minimum Gasteiger partial charge on any atom is -0.469 e. The zero-order valence-electron chi connectivity index (χ0n) is 12.0. The fourth-order valence-electron chi connectivity index (χ4n) is 2.58. The van der Waals surface area contributed by atoms with Crippen molar-refractivity contribution in [2.75, 3.05) is 33.8 Å². The fraction of sp³-hybridized carbons (Fsp3) is 0.846. The second-order valence-corrected chi connectivity index (χ2v) is 5.98. The van der Waals surface area contributed by atoms with Gasteiger partial charge in [-0.2, -0.15) is 0 Å². The van der Waals surface area contributed by atoms with Crippen LogP contribution in [0, 0.1) is 10.8 Å². The lowest BCUT2D eigenvalue weighted by Gasteiger charge is -2.29. The number of methoxy groups -OCH3 is 1. The Bertz CT molecular complexity index is 341. The van der Waals surface area contributed by atoms with Crippen molar-refractivity contribution in [3.63, 3.8) is 0 Å². The van der Waals surface area contributed by atoms with E-state index in [2.05, 4.69) is 10.2 Å². The number of amides is 1. The maximum atomic E-state index is 11.8. The van der Waals surface area contributed by atoms with Gasteiger partial charge in [0.15, 0.2) is 0 Å². The molecule has 104 valence electrons. The van der Waals surface area contributed by atoms with E-state index in [1.165, 1.54) is 7.11 Å². The van der Waals surface area contributed by atoms with Gasteiger partial charge in [0, 0.05) is 20.1 Å². The molecule has 1 unspecified atom stereocenters. The van der Waals surface area contributed by atoms with Crippen molar-refractivity contribution in [3.8, 4) is 0 Å². The highest BCUT2D eigenvalue weighted by Gasteiger charge is 2.42. The summed E-state index contributed by atoms with van der Waals surface area (Å²) in [5.41, 5.74) is -0.885. The Morgan fingerprint density at radius 2 is 2.06 bits per heavy atom. The molecule has 0 aromatic carbocycles. The molecule has 0 radical (unpaired) electrons. The normalized spacial score (nSPS) is 24.9. The van der Waals surface area contributed by atoms with Crippen LogP contribution in [-0.2, 0) is 14.3 Å². The standard InChI is InChI=1S/C13H24N2O3/c1-12(2,11(17)18-5)8-15-7-6-13(3,9-15)10(16)14-4/h6-9H2,1-5H3,(H,14,16). The molecule has 0 aromatic rings. The van der Waals surface area contributed by atoms with Gasteiger partial charge in [0.25, 0.3) is 0 Å². The molecule has 5 heteroatoms. The molecule has 1 heterocycles. The summed E-state index contributed by atoms with van der Waals surface area (Å²) in [6.45, 7) is 7.85. The number of hydrogen-bond donors (Lipinski definition) is 1. The minimum atomic E-state index is -0.539. The summed E-state index contributed by atoms with van der Waals surface area (Å²) >= 11 is 0. The molecule has 0 bridgehead atoms. The van der Waals surface area contributed by atoms with Crippen LogP contribution in [-0.4, -0.2) is 50.6 Å². The lowest BCUT2D eigenvalue weighted by atomic mass is 9.88. The van der Waals surface area contributed by atoms with Crippen LogP contribution in [0.2, 0.25) is 0 Å². The Morgan fingerprint density at radius 1 is 1.44 bits per heavy atom. The third kappa shape index (κ3) is 3.02. The lowest BCUT2D eigenvalue weighted by molar-refractivity contribution is -0.151. The van der Waals surface area contributed by atoms with Gasteiger partial charge in [-0.25, -0.2) is 0 Å². The van der Waals surface area contributed by atoms with E-state index in [4.69, 9.17) is 4.74 Å². The maximum Gasteiger partial charge on any atom is 0.312 e. The van der Waals surface area contributed by atoms with Gasteiger partial charge in [-0.15, -0.1) is 0 Å². The predicted molar refractivity (Wildman–Crippen MR) is 69.0 cm³/mol. The molecule has 1 atom stereocenters. The van der Waals surface area contributed by atoms with Gasteiger partial charge in [0.1, 0.15) is 0 Å². The van der Waals surface area contributed by atoms with Gasteiger partial charge in [-0.3, -0.25) is 9.59 Å². The van der Waals surface area contributed by atoms with Gasteiger partial charge >= 0.3 is 5.97 Å². The Hall–Kier alpha value is -1.10. The highest BCUT2D eigenvalue weighted by Crippen LogP contribution is 2.32. The Balaban J connectivity index is 2.63. The van der Waals surface area contributed by atoms with Gasteiger partial charge in [0.2, 0.25) is 5.91 Å². The van der Waals surface area contributed by atoms with E-state index in [0.29, 0.717) is 13.1 Å². The average molecular weight is 256 g/mol. The molecule has 1 saturated heterocycles. The number of nitrogens with zero attached hydrogens (tertiary/aromatic N) is 1. The molecule has 1 N–H and O–H groups in total. The smallest absolute Gasteiger partial charge is 0.312 e. The van der Waals surface area contributed by atoms with E-state index in [1.807, 2.05) is 20.8 Å². The van der Waals surface area contributed by atoms with Crippen LogP contribution in [0.3, 0.4) is 0 Å². The summed E-state index contributed by atoms with van der Waals surface area (Å²) in [6, 6.07) is 0. The number of carbonyl (C=O) groups excluding carboxylic acids is 2. The zero-order chi connectivity index (χ0) is 14.0. The van der Waals surface area contributed by atoms with Gasteiger partial charge in [0.05, 0.1) is 17.9 Å². The van der Waals surface area contributed by atoms with Crippen LogP contribution in [0.15, 0.2) is 0 Å². The molecule has 0 aliphatic carbocycles. The van der Waals surface area contributed by atoms with Gasteiger partial charge < -0.3 is 15.0 Å². The Kier molecular flexibility index (Phi) is 4.37. The molecular formula is C13H24N2O3. The van der Waals surface area contributed by atoms with Crippen LogP contribution in [0.1, 0.15) is 27.2 Å².